The van der Waals surface area contributed by atoms with E-state index in [0.717, 1.165) is 11.1 Å². The molecule has 2 amide bonds. The third-order valence-corrected chi connectivity index (χ3v) is 6.69. The number of hydrogen-bond donors (Lipinski definition) is 4. The van der Waals surface area contributed by atoms with Crippen LogP contribution in [0.25, 0.3) is 0 Å². The van der Waals surface area contributed by atoms with Gasteiger partial charge in [0.05, 0.1) is 31.5 Å². The van der Waals surface area contributed by atoms with Gasteiger partial charge < -0.3 is 34.7 Å². The van der Waals surface area contributed by atoms with Crippen molar-refractivity contribution in [2.45, 2.75) is 32.7 Å². The SMILES string of the molecule is CCOc1cc([C@@H]2NC(=O)NC(C)=C2C(=O)OC)ccc1OC[C@H](O)N/N=C/c1cccc(OCc2ccccc2Cl)c1. The van der Waals surface area contributed by atoms with Crippen molar-refractivity contribution in [2.75, 3.05) is 20.3 Å². The van der Waals surface area contributed by atoms with Crippen molar-refractivity contribution in [3.8, 4) is 17.2 Å². The number of amides is 2. The number of rotatable bonds is 13. The Morgan fingerprint density at radius 1 is 1.09 bits per heavy atom. The van der Waals surface area contributed by atoms with Crippen LogP contribution in [-0.4, -0.2) is 49.9 Å². The zero-order valence-corrected chi connectivity index (χ0v) is 24.7. The lowest BCUT2D eigenvalue weighted by Gasteiger charge is -2.28. The van der Waals surface area contributed by atoms with Gasteiger partial charge in [0.2, 0.25) is 0 Å². The molecule has 0 aromatic heterocycles. The van der Waals surface area contributed by atoms with Crippen molar-refractivity contribution < 1.29 is 33.6 Å². The zero-order valence-electron chi connectivity index (χ0n) is 23.9. The van der Waals surface area contributed by atoms with Crippen LogP contribution in [-0.2, 0) is 16.1 Å². The van der Waals surface area contributed by atoms with E-state index in [0.29, 0.717) is 46.7 Å². The molecule has 3 aromatic rings. The van der Waals surface area contributed by atoms with Gasteiger partial charge in [-0.2, -0.15) is 5.10 Å². The number of urea groups is 1. The number of benzene rings is 3. The number of aliphatic hydroxyl groups is 1. The number of methoxy groups -OCH3 is 1. The Balaban J connectivity index is 1.36. The second-order valence-electron chi connectivity index (χ2n) is 9.37. The highest BCUT2D eigenvalue weighted by Crippen LogP contribution is 2.35. The molecule has 3 aromatic carbocycles. The molecule has 0 radical (unpaired) electrons. The molecule has 226 valence electrons. The van der Waals surface area contributed by atoms with Crippen molar-refractivity contribution in [2.24, 2.45) is 5.10 Å². The van der Waals surface area contributed by atoms with Gasteiger partial charge in [0.25, 0.3) is 0 Å². The molecule has 2 atom stereocenters. The number of esters is 1. The van der Waals surface area contributed by atoms with Gasteiger partial charge in [0.15, 0.2) is 17.7 Å². The van der Waals surface area contributed by atoms with E-state index in [4.69, 9.17) is 30.5 Å². The monoisotopic (exact) mass is 608 g/mol. The second kappa shape index (κ2) is 14.9. The van der Waals surface area contributed by atoms with Gasteiger partial charge in [-0.25, -0.2) is 9.59 Å². The lowest BCUT2D eigenvalue weighted by Crippen LogP contribution is -2.45. The lowest BCUT2D eigenvalue weighted by molar-refractivity contribution is -0.136. The van der Waals surface area contributed by atoms with Gasteiger partial charge >= 0.3 is 12.0 Å². The van der Waals surface area contributed by atoms with Crippen molar-refractivity contribution in [1.29, 1.82) is 0 Å². The van der Waals surface area contributed by atoms with E-state index >= 15 is 0 Å². The molecule has 0 aliphatic carbocycles. The fraction of sp³-hybridized carbons (Fsp3) is 0.258. The lowest BCUT2D eigenvalue weighted by atomic mass is 9.95. The van der Waals surface area contributed by atoms with Crippen LogP contribution >= 0.6 is 11.6 Å². The van der Waals surface area contributed by atoms with E-state index in [1.54, 1.807) is 31.3 Å². The molecule has 1 aliphatic heterocycles. The summed E-state index contributed by atoms with van der Waals surface area (Å²) in [5, 5.41) is 20.5. The Bertz CT molecular complexity index is 1510. The maximum Gasteiger partial charge on any atom is 0.337 e. The Hall–Kier alpha value is -4.74. The van der Waals surface area contributed by atoms with Gasteiger partial charge in [-0.1, -0.05) is 48.0 Å². The molecule has 1 heterocycles. The number of nitrogens with one attached hydrogen (secondary N) is 3. The first kappa shape index (κ1) is 31.2. The summed E-state index contributed by atoms with van der Waals surface area (Å²) in [5.74, 6) is 0.811. The van der Waals surface area contributed by atoms with E-state index in [2.05, 4.69) is 21.2 Å². The third kappa shape index (κ3) is 8.40. The molecule has 43 heavy (non-hydrogen) atoms. The average molecular weight is 609 g/mol. The number of nitrogens with zero attached hydrogens (tertiary/aromatic N) is 1. The molecule has 0 unspecified atom stereocenters. The Labute approximate surface area is 254 Å². The Morgan fingerprint density at radius 2 is 1.91 bits per heavy atom. The first-order valence-electron chi connectivity index (χ1n) is 13.5. The second-order valence-corrected chi connectivity index (χ2v) is 9.77. The first-order chi connectivity index (χ1) is 20.8. The highest BCUT2D eigenvalue weighted by molar-refractivity contribution is 6.31. The van der Waals surface area contributed by atoms with Gasteiger partial charge in [-0.05, 0) is 55.3 Å². The summed E-state index contributed by atoms with van der Waals surface area (Å²) >= 11 is 6.20. The van der Waals surface area contributed by atoms with Gasteiger partial charge in [0, 0.05) is 16.3 Å². The maximum atomic E-state index is 12.4. The Morgan fingerprint density at radius 3 is 2.67 bits per heavy atom. The predicted octanol–water partition coefficient (Wildman–Crippen LogP) is 4.44. The molecule has 4 N–H and O–H groups in total. The molecule has 0 spiro atoms. The molecule has 11 nitrogen and oxygen atoms in total. The quantitative estimate of drug-likeness (QED) is 0.0967. The number of hydrazone groups is 1. The summed E-state index contributed by atoms with van der Waals surface area (Å²) in [5.41, 5.74) is 5.52. The number of ether oxygens (including phenoxy) is 4. The minimum absolute atomic E-state index is 0.145. The van der Waals surface area contributed by atoms with Crippen LogP contribution in [0.3, 0.4) is 0 Å². The average Bonchev–Trinajstić information content (AvgIpc) is 2.99. The van der Waals surface area contributed by atoms with Crippen LogP contribution in [0.5, 0.6) is 17.2 Å². The maximum absolute atomic E-state index is 12.4. The van der Waals surface area contributed by atoms with Gasteiger partial charge in [-0.3, -0.25) is 5.43 Å². The van der Waals surface area contributed by atoms with Crippen LogP contribution < -0.4 is 30.3 Å². The van der Waals surface area contributed by atoms with Crippen molar-refractivity contribution >= 4 is 29.8 Å². The summed E-state index contributed by atoms with van der Waals surface area (Å²) in [6.07, 6.45) is 0.415. The molecule has 0 saturated carbocycles. The van der Waals surface area contributed by atoms with Crippen LogP contribution in [0.1, 0.15) is 36.6 Å². The fourth-order valence-corrected chi connectivity index (χ4v) is 4.47. The largest absolute Gasteiger partial charge is 0.490 e. The van der Waals surface area contributed by atoms with Crippen molar-refractivity contribution in [1.82, 2.24) is 16.1 Å². The number of hydrogen-bond acceptors (Lipinski definition) is 9. The third-order valence-electron chi connectivity index (χ3n) is 6.32. The fourth-order valence-electron chi connectivity index (χ4n) is 4.28. The zero-order chi connectivity index (χ0) is 30.8. The Kier molecular flexibility index (Phi) is 10.8. The van der Waals surface area contributed by atoms with Crippen LogP contribution in [0, 0.1) is 0 Å². The molecular weight excluding hydrogens is 576 g/mol. The number of carbonyl (C=O) groups excluding carboxylic acids is 2. The van der Waals surface area contributed by atoms with Crippen LogP contribution in [0.15, 0.2) is 83.1 Å². The summed E-state index contributed by atoms with van der Waals surface area (Å²) < 4.78 is 22.3. The van der Waals surface area contributed by atoms with E-state index in [-0.39, 0.29) is 12.2 Å². The number of allylic oxidation sites excluding steroid dienone is 1. The minimum atomic E-state index is -1.13. The smallest absolute Gasteiger partial charge is 0.337 e. The molecule has 4 rings (SSSR count). The topological polar surface area (TPSA) is 140 Å². The number of carbonyl (C=O) groups is 2. The van der Waals surface area contributed by atoms with E-state index in [9.17, 15) is 14.7 Å². The summed E-state index contributed by atoms with van der Waals surface area (Å²) in [6.45, 7) is 3.96. The van der Waals surface area contributed by atoms with Gasteiger partial charge in [-0.15, -0.1) is 0 Å². The summed E-state index contributed by atoms with van der Waals surface area (Å²) in [7, 11) is 1.28. The normalized spacial score (nSPS) is 15.4. The molecular formula is C31H33ClN4O7. The molecule has 1 aliphatic rings. The first-order valence-corrected chi connectivity index (χ1v) is 13.9. The molecule has 0 bridgehead atoms. The molecule has 0 saturated heterocycles. The number of halogens is 1. The van der Waals surface area contributed by atoms with Crippen molar-refractivity contribution in [3.05, 3.63) is 99.7 Å². The van der Waals surface area contributed by atoms with Gasteiger partial charge in [0.1, 0.15) is 19.0 Å². The van der Waals surface area contributed by atoms with Crippen LogP contribution in [0.4, 0.5) is 4.79 Å². The summed E-state index contributed by atoms with van der Waals surface area (Å²) in [4.78, 5) is 24.6. The number of aliphatic hydroxyl groups excluding tert-OH is 1. The van der Waals surface area contributed by atoms with Crippen molar-refractivity contribution in [3.63, 3.8) is 0 Å². The standard InChI is InChI=1S/C31H33ClN4O7/c1-4-41-26-15-21(29-28(30(38)40-3)19(2)34-31(39)35-29)12-13-25(26)43-18-27(37)36-33-16-20-8-7-10-23(14-20)42-17-22-9-5-6-11-24(22)32/h5-16,27,29,36-37H,4,17-18H2,1-3H3,(H2,34,35,39)/b33-16+/t27-,29-/m0/s1. The highest BCUT2D eigenvalue weighted by atomic mass is 35.5. The molecule has 12 heteroatoms. The highest BCUT2D eigenvalue weighted by Gasteiger charge is 2.32. The molecule has 0 fully saturated rings. The van der Waals surface area contributed by atoms with E-state index in [1.807, 2.05) is 55.5 Å². The van der Waals surface area contributed by atoms with Crippen LogP contribution in [0.2, 0.25) is 5.02 Å². The summed E-state index contributed by atoms with van der Waals surface area (Å²) in [6, 6.07) is 18.6. The van der Waals surface area contributed by atoms with E-state index in [1.165, 1.54) is 7.11 Å². The van der Waals surface area contributed by atoms with E-state index < -0.39 is 24.3 Å². The minimum Gasteiger partial charge on any atom is -0.490 e. The predicted molar refractivity (Wildman–Crippen MR) is 161 cm³/mol.